The summed E-state index contributed by atoms with van der Waals surface area (Å²) in [4.78, 5) is 2.48. The SMILES string of the molecule is CCCNC1CCCN(c2cc(Br)ccc2Br)C1. The average Bonchev–Trinajstić information content (AvgIpc) is 2.39. The van der Waals surface area contributed by atoms with Gasteiger partial charge in [-0.3, -0.25) is 0 Å². The summed E-state index contributed by atoms with van der Waals surface area (Å²) in [5.74, 6) is 0. The van der Waals surface area contributed by atoms with Crippen LogP contribution in [0.25, 0.3) is 0 Å². The van der Waals surface area contributed by atoms with Crippen LogP contribution in [-0.2, 0) is 0 Å². The third-order valence-electron chi connectivity index (χ3n) is 3.35. The van der Waals surface area contributed by atoms with Gasteiger partial charge in [-0.2, -0.15) is 0 Å². The van der Waals surface area contributed by atoms with E-state index >= 15 is 0 Å². The fourth-order valence-corrected chi connectivity index (χ4v) is 3.29. The van der Waals surface area contributed by atoms with Crippen molar-refractivity contribution in [2.45, 2.75) is 32.2 Å². The first kappa shape index (κ1) is 14.4. The van der Waals surface area contributed by atoms with Crippen LogP contribution in [0.2, 0.25) is 0 Å². The van der Waals surface area contributed by atoms with Crippen LogP contribution >= 0.6 is 31.9 Å². The molecule has 1 atom stereocenters. The standard InChI is InChI=1S/C14H20Br2N2/c1-2-7-17-12-4-3-8-18(10-12)14-9-11(15)5-6-13(14)16/h5-6,9,12,17H,2-4,7-8,10H2,1H3. The van der Waals surface area contributed by atoms with Crippen LogP contribution in [-0.4, -0.2) is 25.7 Å². The molecule has 1 fully saturated rings. The molecule has 0 bridgehead atoms. The van der Waals surface area contributed by atoms with Gasteiger partial charge in [0.15, 0.2) is 0 Å². The summed E-state index contributed by atoms with van der Waals surface area (Å²) in [7, 11) is 0. The van der Waals surface area contributed by atoms with Crippen LogP contribution in [0, 0.1) is 0 Å². The molecule has 18 heavy (non-hydrogen) atoms. The van der Waals surface area contributed by atoms with E-state index in [4.69, 9.17) is 0 Å². The highest BCUT2D eigenvalue weighted by Gasteiger charge is 2.20. The molecule has 0 aromatic heterocycles. The molecule has 1 aliphatic heterocycles. The maximum Gasteiger partial charge on any atom is 0.0522 e. The highest BCUT2D eigenvalue weighted by molar-refractivity contribution is 9.11. The molecule has 1 aromatic carbocycles. The van der Waals surface area contributed by atoms with Crippen LogP contribution in [0.4, 0.5) is 5.69 Å². The largest absolute Gasteiger partial charge is 0.369 e. The molecule has 0 amide bonds. The Morgan fingerprint density at radius 2 is 2.22 bits per heavy atom. The number of nitrogens with one attached hydrogen (secondary N) is 1. The molecular formula is C14H20Br2N2. The number of nitrogens with zero attached hydrogens (tertiary/aromatic N) is 1. The van der Waals surface area contributed by atoms with Gasteiger partial charge in [-0.1, -0.05) is 22.9 Å². The number of hydrogen-bond acceptors (Lipinski definition) is 2. The van der Waals surface area contributed by atoms with E-state index in [0.29, 0.717) is 6.04 Å². The molecule has 1 N–H and O–H groups in total. The Bertz CT molecular complexity index is 395. The molecule has 0 radical (unpaired) electrons. The predicted octanol–water partition coefficient (Wildman–Crippen LogP) is 4.18. The quantitative estimate of drug-likeness (QED) is 0.849. The Balaban J connectivity index is 2.05. The Labute approximate surface area is 126 Å². The summed E-state index contributed by atoms with van der Waals surface area (Å²) in [5.41, 5.74) is 1.30. The molecular weight excluding hydrogens is 356 g/mol. The number of hydrogen-bond donors (Lipinski definition) is 1. The Hall–Kier alpha value is -0.0600. The number of anilines is 1. The van der Waals surface area contributed by atoms with Gasteiger partial charge in [-0.25, -0.2) is 0 Å². The summed E-state index contributed by atoms with van der Waals surface area (Å²) < 4.78 is 2.33. The van der Waals surface area contributed by atoms with Crippen LogP contribution in [0.5, 0.6) is 0 Å². The molecule has 1 aliphatic rings. The molecule has 1 heterocycles. The van der Waals surface area contributed by atoms with Crippen molar-refractivity contribution in [2.24, 2.45) is 0 Å². The second-order valence-corrected chi connectivity index (χ2v) is 6.61. The Kier molecular flexibility index (Phi) is 5.52. The van der Waals surface area contributed by atoms with Crippen molar-refractivity contribution in [2.75, 3.05) is 24.5 Å². The van der Waals surface area contributed by atoms with Crippen molar-refractivity contribution < 1.29 is 0 Å². The molecule has 1 aromatic rings. The summed E-state index contributed by atoms with van der Waals surface area (Å²) >= 11 is 7.21. The van der Waals surface area contributed by atoms with Gasteiger partial charge in [0.1, 0.15) is 0 Å². The summed E-state index contributed by atoms with van der Waals surface area (Å²) in [6.45, 7) is 5.60. The highest BCUT2D eigenvalue weighted by Crippen LogP contribution is 2.31. The second kappa shape index (κ2) is 6.92. The minimum Gasteiger partial charge on any atom is -0.369 e. The van der Waals surface area contributed by atoms with Gasteiger partial charge in [0.05, 0.1) is 5.69 Å². The van der Waals surface area contributed by atoms with Crippen molar-refractivity contribution in [3.8, 4) is 0 Å². The van der Waals surface area contributed by atoms with Gasteiger partial charge < -0.3 is 10.2 Å². The summed E-state index contributed by atoms with van der Waals surface area (Å²) in [5, 5.41) is 3.64. The lowest BCUT2D eigenvalue weighted by Crippen LogP contribution is -2.46. The van der Waals surface area contributed by atoms with Crippen molar-refractivity contribution in [1.82, 2.24) is 5.32 Å². The molecule has 2 nitrogen and oxygen atoms in total. The van der Waals surface area contributed by atoms with Crippen molar-refractivity contribution in [3.05, 3.63) is 27.1 Å². The van der Waals surface area contributed by atoms with Crippen LogP contribution in [0.1, 0.15) is 26.2 Å². The summed E-state index contributed by atoms with van der Waals surface area (Å²) in [6, 6.07) is 7.02. The van der Waals surface area contributed by atoms with E-state index in [1.807, 2.05) is 0 Å². The normalized spacial score (nSPS) is 20.2. The lowest BCUT2D eigenvalue weighted by atomic mass is 10.0. The van der Waals surface area contributed by atoms with Gasteiger partial charge in [0.2, 0.25) is 0 Å². The van der Waals surface area contributed by atoms with Gasteiger partial charge in [0, 0.05) is 28.1 Å². The molecule has 0 saturated carbocycles. The number of halogens is 2. The fraction of sp³-hybridized carbons (Fsp3) is 0.571. The average molecular weight is 376 g/mol. The minimum absolute atomic E-state index is 0.629. The Morgan fingerprint density at radius 1 is 1.39 bits per heavy atom. The second-order valence-electron chi connectivity index (χ2n) is 4.84. The van der Waals surface area contributed by atoms with Crippen molar-refractivity contribution in [3.63, 3.8) is 0 Å². The zero-order chi connectivity index (χ0) is 13.0. The molecule has 1 saturated heterocycles. The number of piperidine rings is 1. The van der Waals surface area contributed by atoms with E-state index in [-0.39, 0.29) is 0 Å². The first-order valence-corrected chi connectivity index (χ1v) is 8.22. The molecule has 2 rings (SSSR count). The maximum absolute atomic E-state index is 3.66. The molecule has 1 unspecified atom stereocenters. The van der Waals surface area contributed by atoms with Gasteiger partial charge in [-0.05, 0) is 59.9 Å². The van der Waals surface area contributed by atoms with Crippen molar-refractivity contribution >= 4 is 37.5 Å². The van der Waals surface area contributed by atoms with Crippen LogP contribution in [0.15, 0.2) is 27.1 Å². The van der Waals surface area contributed by atoms with Crippen LogP contribution in [0.3, 0.4) is 0 Å². The fourth-order valence-electron chi connectivity index (χ4n) is 2.44. The zero-order valence-corrected chi connectivity index (χ0v) is 13.9. The minimum atomic E-state index is 0.629. The van der Waals surface area contributed by atoms with E-state index in [1.54, 1.807) is 0 Å². The topological polar surface area (TPSA) is 15.3 Å². The molecule has 0 spiro atoms. The predicted molar refractivity (Wildman–Crippen MR) is 85.4 cm³/mol. The zero-order valence-electron chi connectivity index (χ0n) is 10.8. The van der Waals surface area contributed by atoms with Gasteiger partial charge in [0.25, 0.3) is 0 Å². The third kappa shape index (κ3) is 3.72. The molecule has 100 valence electrons. The highest BCUT2D eigenvalue weighted by atomic mass is 79.9. The third-order valence-corrected chi connectivity index (χ3v) is 4.52. The maximum atomic E-state index is 3.66. The molecule has 0 aliphatic carbocycles. The van der Waals surface area contributed by atoms with E-state index in [1.165, 1.54) is 29.4 Å². The lowest BCUT2D eigenvalue weighted by molar-refractivity contribution is 0.423. The van der Waals surface area contributed by atoms with E-state index in [0.717, 1.165) is 24.1 Å². The summed E-state index contributed by atoms with van der Waals surface area (Å²) in [6.07, 6.45) is 3.76. The first-order valence-electron chi connectivity index (χ1n) is 6.64. The first-order chi connectivity index (χ1) is 8.70. The lowest BCUT2D eigenvalue weighted by Gasteiger charge is -2.35. The van der Waals surface area contributed by atoms with Crippen LogP contribution < -0.4 is 10.2 Å². The smallest absolute Gasteiger partial charge is 0.0522 e. The molecule has 4 heteroatoms. The number of benzene rings is 1. The van der Waals surface area contributed by atoms with Crippen molar-refractivity contribution in [1.29, 1.82) is 0 Å². The van der Waals surface area contributed by atoms with Gasteiger partial charge in [-0.15, -0.1) is 0 Å². The van der Waals surface area contributed by atoms with E-state index in [2.05, 4.69) is 67.2 Å². The monoisotopic (exact) mass is 374 g/mol. The van der Waals surface area contributed by atoms with E-state index < -0.39 is 0 Å². The van der Waals surface area contributed by atoms with Gasteiger partial charge >= 0.3 is 0 Å². The van der Waals surface area contributed by atoms with E-state index in [9.17, 15) is 0 Å². The Morgan fingerprint density at radius 3 is 3.00 bits per heavy atom. The number of rotatable bonds is 4.